The smallest absolute Gasteiger partial charge is 0.308 e. The van der Waals surface area contributed by atoms with Crippen LogP contribution in [0.4, 0.5) is 0 Å². The van der Waals surface area contributed by atoms with Gasteiger partial charge in [0.05, 0.1) is 18.6 Å². The second-order valence-electron chi connectivity index (χ2n) is 6.38. The Labute approximate surface area is 154 Å². The van der Waals surface area contributed by atoms with Gasteiger partial charge in [-0.25, -0.2) is 0 Å². The Morgan fingerprint density at radius 2 is 1.65 bits per heavy atom. The first-order chi connectivity index (χ1) is 12.4. The molecule has 0 saturated heterocycles. The van der Waals surface area contributed by atoms with E-state index in [9.17, 15) is 9.59 Å². The Kier molecular flexibility index (Phi) is 7.21. The highest BCUT2D eigenvalue weighted by atomic mass is 16.5. The van der Waals surface area contributed by atoms with Gasteiger partial charge >= 0.3 is 5.97 Å². The van der Waals surface area contributed by atoms with Crippen molar-refractivity contribution in [1.29, 1.82) is 0 Å². The quantitative estimate of drug-likeness (QED) is 0.735. The van der Waals surface area contributed by atoms with Crippen LogP contribution in [0, 0.1) is 6.92 Å². The molecule has 1 amide bonds. The highest BCUT2D eigenvalue weighted by Gasteiger charge is 2.20. The summed E-state index contributed by atoms with van der Waals surface area (Å²) < 4.78 is 10.7. The standard InChI is InChI=1S/C21H25NO4/c1-15(2)26-21(24)13-19(17-11-9-16(3)10-12-17)22-20(23)14-25-18-7-5-4-6-8-18/h4-12,15,19H,13-14H2,1-3H3,(H,22,23). The molecule has 5 heteroatoms. The number of ether oxygens (including phenoxy) is 2. The first kappa shape index (κ1) is 19.5. The molecule has 0 aromatic heterocycles. The average Bonchev–Trinajstić information content (AvgIpc) is 2.60. The first-order valence-electron chi connectivity index (χ1n) is 8.67. The van der Waals surface area contributed by atoms with Crippen LogP contribution in [0.25, 0.3) is 0 Å². The van der Waals surface area contributed by atoms with Crippen LogP contribution >= 0.6 is 0 Å². The monoisotopic (exact) mass is 355 g/mol. The molecule has 0 fully saturated rings. The maximum atomic E-state index is 12.3. The van der Waals surface area contributed by atoms with Gasteiger partial charge in [-0.3, -0.25) is 9.59 Å². The van der Waals surface area contributed by atoms with E-state index >= 15 is 0 Å². The topological polar surface area (TPSA) is 64.6 Å². The van der Waals surface area contributed by atoms with Crippen LogP contribution < -0.4 is 10.1 Å². The van der Waals surface area contributed by atoms with Gasteiger partial charge in [0.2, 0.25) is 0 Å². The van der Waals surface area contributed by atoms with Crippen molar-refractivity contribution in [2.45, 2.75) is 39.3 Å². The SMILES string of the molecule is Cc1ccc(C(CC(=O)OC(C)C)NC(=O)COc2ccccc2)cc1. The van der Waals surface area contributed by atoms with Gasteiger partial charge < -0.3 is 14.8 Å². The van der Waals surface area contributed by atoms with Gasteiger partial charge in [0.1, 0.15) is 5.75 Å². The normalized spacial score (nSPS) is 11.7. The number of carbonyl (C=O) groups is 2. The lowest BCUT2D eigenvalue weighted by Gasteiger charge is -2.20. The van der Waals surface area contributed by atoms with Gasteiger partial charge in [-0.1, -0.05) is 48.0 Å². The van der Waals surface area contributed by atoms with E-state index in [4.69, 9.17) is 9.47 Å². The lowest BCUT2D eigenvalue weighted by Crippen LogP contribution is -2.34. The summed E-state index contributed by atoms with van der Waals surface area (Å²) in [6, 6.07) is 16.4. The fourth-order valence-electron chi connectivity index (χ4n) is 2.43. The van der Waals surface area contributed by atoms with Crippen LogP contribution in [0.2, 0.25) is 0 Å². The zero-order valence-electron chi connectivity index (χ0n) is 15.4. The first-order valence-corrected chi connectivity index (χ1v) is 8.67. The number of amides is 1. The average molecular weight is 355 g/mol. The number of carbonyl (C=O) groups excluding carboxylic acids is 2. The summed E-state index contributed by atoms with van der Waals surface area (Å²) in [5.41, 5.74) is 1.96. The van der Waals surface area contributed by atoms with Crippen molar-refractivity contribution in [3.05, 3.63) is 65.7 Å². The van der Waals surface area contributed by atoms with Crippen molar-refractivity contribution >= 4 is 11.9 Å². The molecular formula is C21H25NO4. The Bertz CT molecular complexity index is 711. The van der Waals surface area contributed by atoms with Crippen LogP contribution in [-0.4, -0.2) is 24.6 Å². The summed E-state index contributed by atoms with van der Waals surface area (Å²) in [6.45, 7) is 5.46. The summed E-state index contributed by atoms with van der Waals surface area (Å²) in [5, 5.41) is 2.86. The highest BCUT2D eigenvalue weighted by Crippen LogP contribution is 2.19. The van der Waals surface area contributed by atoms with Crippen LogP contribution in [0.15, 0.2) is 54.6 Å². The van der Waals surface area contributed by atoms with Gasteiger partial charge in [0.25, 0.3) is 5.91 Å². The molecule has 0 aliphatic heterocycles. The molecule has 2 rings (SSSR count). The number of esters is 1. The lowest BCUT2D eigenvalue weighted by molar-refractivity contribution is -0.148. The second kappa shape index (κ2) is 9.61. The summed E-state index contributed by atoms with van der Waals surface area (Å²) in [4.78, 5) is 24.3. The third kappa shape index (κ3) is 6.59. The highest BCUT2D eigenvalue weighted by molar-refractivity contribution is 5.79. The molecule has 0 heterocycles. The molecule has 1 unspecified atom stereocenters. The molecule has 2 aromatic rings. The minimum atomic E-state index is -0.464. The molecule has 0 aliphatic rings. The van der Waals surface area contributed by atoms with Crippen LogP contribution in [0.1, 0.15) is 37.4 Å². The fourth-order valence-corrected chi connectivity index (χ4v) is 2.43. The third-order valence-electron chi connectivity index (χ3n) is 3.67. The van der Waals surface area contributed by atoms with Crippen molar-refractivity contribution in [3.8, 4) is 5.75 Å². The number of para-hydroxylation sites is 1. The van der Waals surface area contributed by atoms with E-state index in [2.05, 4.69) is 5.32 Å². The molecule has 0 aliphatic carbocycles. The van der Waals surface area contributed by atoms with E-state index in [0.717, 1.165) is 11.1 Å². The molecule has 0 bridgehead atoms. The summed E-state index contributed by atoms with van der Waals surface area (Å²) in [6.07, 6.45) is -0.128. The van der Waals surface area contributed by atoms with Gasteiger partial charge in [0, 0.05) is 0 Å². The molecule has 0 spiro atoms. The van der Waals surface area contributed by atoms with Crippen LogP contribution in [-0.2, 0) is 14.3 Å². The van der Waals surface area contributed by atoms with E-state index in [1.54, 1.807) is 26.0 Å². The zero-order valence-corrected chi connectivity index (χ0v) is 15.4. The summed E-state index contributed by atoms with van der Waals surface area (Å²) >= 11 is 0. The van der Waals surface area contributed by atoms with Crippen LogP contribution in [0.3, 0.4) is 0 Å². The van der Waals surface area contributed by atoms with E-state index in [-0.39, 0.29) is 31.0 Å². The minimum Gasteiger partial charge on any atom is -0.484 e. The predicted octanol–water partition coefficient (Wildman–Crippen LogP) is 3.57. The van der Waals surface area contributed by atoms with Crippen LogP contribution in [0.5, 0.6) is 5.75 Å². The van der Waals surface area contributed by atoms with E-state index in [1.807, 2.05) is 49.4 Å². The number of aryl methyl sites for hydroxylation is 1. The minimum absolute atomic E-state index is 0.0678. The van der Waals surface area contributed by atoms with Gasteiger partial charge in [0.15, 0.2) is 6.61 Å². The molecule has 1 atom stereocenters. The van der Waals surface area contributed by atoms with E-state index in [1.165, 1.54) is 0 Å². The van der Waals surface area contributed by atoms with Gasteiger partial charge in [-0.05, 0) is 38.5 Å². The maximum Gasteiger partial charge on any atom is 0.308 e. The number of hydrogen-bond acceptors (Lipinski definition) is 4. The maximum absolute atomic E-state index is 12.3. The molecule has 5 nitrogen and oxygen atoms in total. The third-order valence-corrected chi connectivity index (χ3v) is 3.67. The Morgan fingerprint density at radius 3 is 2.27 bits per heavy atom. The zero-order chi connectivity index (χ0) is 18.9. The van der Waals surface area contributed by atoms with Crippen molar-refractivity contribution in [3.63, 3.8) is 0 Å². The Morgan fingerprint density at radius 1 is 1.00 bits per heavy atom. The number of benzene rings is 2. The molecule has 0 radical (unpaired) electrons. The van der Waals surface area contributed by atoms with Crippen molar-refractivity contribution in [2.75, 3.05) is 6.61 Å². The Hall–Kier alpha value is -2.82. The molecule has 1 N–H and O–H groups in total. The Balaban J connectivity index is 2.01. The summed E-state index contributed by atoms with van der Waals surface area (Å²) in [5.74, 6) is -0.0274. The van der Waals surface area contributed by atoms with Crippen molar-refractivity contribution in [1.82, 2.24) is 5.32 Å². The molecule has 0 saturated carbocycles. The number of hydrogen-bond donors (Lipinski definition) is 1. The fraction of sp³-hybridized carbons (Fsp3) is 0.333. The predicted molar refractivity (Wildman–Crippen MR) is 99.8 cm³/mol. The summed E-state index contributed by atoms with van der Waals surface area (Å²) in [7, 11) is 0. The van der Waals surface area contributed by atoms with Crippen molar-refractivity contribution in [2.24, 2.45) is 0 Å². The van der Waals surface area contributed by atoms with Gasteiger partial charge in [-0.15, -0.1) is 0 Å². The van der Waals surface area contributed by atoms with E-state index < -0.39 is 6.04 Å². The largest absolute Gasteiger partial charge is 0.484 e. The number of rotatable bonds is 8. The molecule has 138 valence electrons. The van der Waals surface area contributed by atoms with E-state index in [0.29, 0.717) is 5.75 Å². The molecular weight excluding hydrogens is 330 g/mol. The second-order valence-corrected chi connectivity index (χ2v) is 6.38. The van der Waals surface area contributed by atoms with Gasteiger partial charge in [-0.2, -0.15) is 0 Å². The molecule has 26 heavy (non-hydrogen) atoms. The lowest BCUT2D eigenvalue weighted by atomic mass is 10.0. The van der Waals surface area contributed by atoms with Crippen molar-refractivity contribution < 1.29 is 19.1 Å². The molecule has 2 aromatic carbocycles. The number of nitrogens with one attached hydrogen (secondary N) is 1.